The highest BCUT2D eigenvalue weighted by atomic mass is 16.3. The number of aliphatic hydroxyl groups is 1. The lowest BCUT2D eigenvalue weighted by Gasteiger charge is -2.25. The Morgan fingerprint density at radius 1 is 0.850 bits per heavy atom. The van der Waals surface area contributed by atoms with Gasteiger partial charge >= 0.3 is 0 Å². The smallest absolute Gasteiger partial charge is 0.0433 e. The number of hydrogen-bond donors (Lipinski definition) is 2. The normalized spacial score (nSPS) is 14.6. The predicted octanol–water partition coefficient (Wildman–Crippen LogP) is 4.62. The van der Waals surface area contributed by atoms with E-state index in [0.717, 1.165) is 19.5 Å². The molecule has 0 fully saturated rings. The third kappa shape index (κ3) is 14.3. The SMILES string of the molecule is CC(C)(C)CNCCCCC[C@H](CCO)CC(C)(C)C. The van der Waals surface area contributed by atoms with Gasteiger partial charge < -0.3 is 10.4 Å². The first-order chi connectivity index (χ1) is 9.14. The fourth-order valence-corrected chi connectivity index (χ4v) is 2.72. The van der Waals surface area contributed by atoms with Crippen LogP contribution in [0.3, 0.4) is 0 Å². The van der Waals surface area contributed by atoms with Gasteiger partial charge in [-0.15, -0.1) is 0 Å². The maximum atomic E-state index is 9.17. The third-order valence-electron chi connectivity index (χ3n) is 3.56. The first-order valence-corrected chi connectivity index (χ1v) is 8.46. The van der Waals surface area contributed by atoms with Crippen LogP contribution in [-0.4, -0.2) is 24.8 Å². The number of rotatable bonds is 10. The summed E-state index contributed by atoms with van der Waals surface area (Å²) in [7, 11) is 0. The molecule has 0 spiro atoms. The summed E-state index contributed by atoms with van der Waals surface area (Å²) in [6.45, 7) is 16.3. The van der Waals surface area contributed by atoms with Gasteiger partial charge in [0.1, 0.15) is 0 Å². The van der Waals surface area contributed by atoms with Crippen LogP contribution in [0, 0.1) is 16.7 Å². The molecule has 0 aliphatic heterocycles. The monoisotopic (exact) mass is 285 g/mol. The molecule has 0 heterocycles. The predicted molar refractivity (Wildman–Crippen MR) is 90.1 cm³/mol. The summed E-state index contributed by atoms with van der Waals surface area (Å²) in [6.07, 6.45) is 7.37. The van der Waals surface area contributed by atoms with E-state index in [1.807, 2.05) is 0 Å². The van der Waals surface area contributed by atoms with Crippen LogP contribution in [0.1, 0.15) is 80.1 Å². The number of hydrogen-bond acceptors (Lipinski definition) is 2. The molecule has 0 aromatic rings. The van der Waals surface area contributed by atoms with E-state index in [0.29, 0.717) is 23.4 Å². The summed E-state index contributed by atoms with van der Waals surface area (Å²) in [5.74, 6) is 0.697. The minimum absolute atomic E-state index is 0.341. The Morgan fingerprint density at radius 2 is 1.50 bits per heavy atom. The van der Waals surface area contributed by atoms with Gasteiger partial charge in [0.25, 0.3) is 0 Å². The van der Waals surface area contributed by atoms with E-state index in [1.54, 1.807) is 0 Å². The van der Waals surface area contributed by atoms with Gasteiger partial charge in [-0.3, -0.25) is 0 Å². The van der Waals surface area contributed by atoms with E-state index >= 15 is 0 Å². The molecule has 0 saturated heterocycles. The maximum Gasteiger partial charge on any atom is 0.0433 e. The van der Waals surface area contributed by atoms with Crippen molar-refractivity contribution in [1.29, 1.82) is 0 Å². The van der Waals surface area contributed by atoms with Crippen molar-refractivity contribution in [3.8, 4) is 0 Å². The van der Waals surface area contributed by atoms with Crippen molar-refractivity contribution in [1.82, 2.24) is 5.32 Å². The van der Waals surface area contributed by atoms with Crippen LogP contribution < -0.4 is 5.32 Å². The fourth-order valence-electron chi connectivity index (χ4n) is 2.72. The molecular formula is C18H39NO. The molecule has 0 aliphatic carbocycles. The summed E-state index contributed by atoms with van der Waals surface area (Å²) in [5.41, 5.74) is 0.771. The van der Waals surface area contributed by atoms with E-state index in [9.17, 15) is 5.11 Å². The van der Waals surface area contributed by atoms with Crippen LogP contribution in [0.2, 0.25) is 0 Å². The Kier molecular flexibility index (Phi) is 9.74. The first kappa shape index (κ1) is 19.9. The summed E-state index contributed by atoms with van der Waals surface area (Å²) < 4.78 is 0. The van der Waals surface area contributed by atoms with Crippen LogP contribution in [-0.2, 0) is 0 Å². The first-order valence-electron chi connectivity index (χ1n) is 8.46. The van der Waals surface area contributed by atoms with Gasteiger partial charge in [-0.1, -0.05) is 60.8 Å². The molecule has 0 aromatic heterocycles. The number of unbranched alkanes of at least 4 members (excludes halogenated alkanes) is 2. The van der Waals surface area contributed by atoms with E-state index in [-0.39, 0.29) is 0 Å². The molecule has 0 unspecified atom stereocenters. The highest BCUT2D eigenvalue weighted by molar-refractivity contribution is 4.70. The van der Waals surface area contributed by atoms with Crippen molar-refractivity contribution in [3.63, 3.8) is 0 Å². The minimum atomic E-state index is 0.341. The van der Waals surface area contributed by atoms with Crippen molar-refractivity contribution in [2.75, 3.05) is 19.7 Å². The molecule has 2 heteroatoms. The van der Waals surface area contributed by atoms with Crippen LogP contribution in [0.4, 0.5) is 0 Å². The zero-order valence-corrected chi connectivity index (χ0v) is 14.9. The molecule has 2 N–H and O–H groups in total. The Morgan fingerprint density at radius 3 is 2.00 bits per heavy atom. The van der Waals surface area contributed by atoms with Crippen molar-refractivity contribution >= 4 is 0 Å². The van der Waals surface area contributed by atoms with Crippen molar-refractivity contribution < 1.29 is 5.11 Å². The van der Waals surface area contributed by atoms with Crippen LogP contribution >= 0.6 is 0 Å². The lowest BCUT2D eigenvalue weighted by atomic mass is 9.81. The van der Waals surface area contributed by atoms with E-state index < -0.39 is 0 Å². The molecule has 122 valence electrons. The molecular weight excluding hydrogens is 246 g/mol. The summed E-state index contributed by atoms with van der Waals surface area (Å²) in [4.78, 5) is 0. The number of aliphatic hydroxyl groups excluding tert-OH is 1. The van der Waals surface area contributed by atoms with Crippen molar-refractivity contribution in [2.24, 2.45) is 16.7 Å². The van der Waals surface area contributed by atoms with E-state index in [2.05, 4.69) is 46.9 Å². The third-order valence-corrected chi connectivity index (χ3v) is 3.56. The Labute approximate surface area is 127 Å². The second kappa shape index (κ2) is 9.78. The molecule has 0 radical (unpaired) electrons. The van der Waals surface area contributed by atoms with Gasteiger partial charge in [-0.25, -0.2) is 0 Å². The van der Waals surface area contributed by atoms with E-state index in [1.165, 1.54) is 32.1 Å². The molecule has 1 atom stereocenters. The zero-order valence-electron chi connectivity index (χ0n) is 14.9. The van der Waals surface area contributed by atoms with E-state index in [4.69, 9.17) is 0 Å². The quantitative estimate of drug-likeness (QED) is 0.574. The van der Waals surface area contributed by atoms with Gasteiger partial charge in [-0.2, -0.15) is 0 Å². The Bertz CT molecular complexity index is 225. The van der Waals surface area contributed by atoms with Crippen LogP contribution in [0.15, 0.2) is 0 Å². The maximum absolute atomic E-state index is 9.17. The molecule has 2 nitrogen and oxygen atoms in total. The van der Waals surface area contributed by atoms with Gasteiger partial charge in [-0.05, 0) is 49.1 Å². The van der Waals surface area contributed by atoms with Crippen molar-refractivity contribution in [2.45, 2.75) is 80.1 Å². The van der Waals surface area contributed by atoms with Crippen LogP contribution in [0.5, 0.6) is 0 Å². The van der Waals surface area contributed by atoms with Gasteiger partial charge in [0.05, 0.1) is 0 Å². The average Bonchev–Trinajstić information content (AvgIpc) is 2.24. The molecule has 0 aliphatic rings. The topological polar surface area (TPSA) is 32.3 Å². The lowest BCUT2D eigenvalue weighted by Crippen LogP contribution is -2.27. The van der Waals surface area contributed by atoms with Crippen LogP contribution in [0.25, 0.3) is 0 Å². The van der Waals surface area contributed by atoms with Gasteiger partial charge in [0.15, 0.2) is 0 Å². The molecule has 20 heavy (non-hydrogen) atoms. The summed E-state index contributed by atoms with van der Waals surface area (Å²) in [6, 6.07) is 0. The highest BCUT2D eigenvalue weighted by Gasteiger charge is 2.18. The molecule has 0 aromatic carbocycles. The Hall–Kier alpha value is -0.0800. The summed E-state index contributed by atoms with van der Waals surface area (Å²) >= 11 is 0. The largest absolute Gasteiger partial charge is 0.396 e. The zero-order chi connectivity index (χ0) is 15.6. The Balaban J connectivity index is 3.64. The highest BCUT2D eigenvalue weighted by Crippen LogP contribution is 2.29. The van der Waals surface area contributed by atoms with Gasteiger partial charge in [0, 0.05) is 6.61 Å². The average molecular weight is 286 g/mol. The molecule has 0 amide bonds. The van der Waals surface area contributed by atoms with Crippen molar-refractivity contribution in [3.05, 3.63) is 0 Å². The summed E-state index contributed by atoms with van der Waals surface area (Å²) in [5, 5.41) is 12.7. The lowest BCUT2D eigenvalue weighted by molar-refractivity contribution is 0.207. The standard InChI is InChI=1S/C18H39NO/c1-17(2,3)14-16(11-13-20)10-8-7-9-12-19-15-18(4,5)6/h16,19-20H,7-15H2,1-6H3/t16-/m1/s1. The minimum Gasteiger partial charge on any atom is -0.396 e. The number of nitrogens with one attached hydrogen (secondary N) is 1. The molecule has 0 bridgehead atoms. The second-order valence-corrected chi connectivity index (χ2v) is 8.73. The van der Waals surface area contributed by atoms with Gasteiger partial charge in [0.2, 0.25) is 0 Å². The second-order valence-electron chi connectivity index (χ2n) is 8.73. The fraction of sp³-hybridized carbons (Fsp3) is 1.00. The molecule has 0 saturated carbocycles. The molecule has 0 rings (SSSR count).